The average Bonchev–Trinajstić information content (AvgIpc) is 2.74. The van der Waals surface area contributed by atoms with Crippen molar-refractivity contribution in [1.29, 1.82) is 0 Å². The molecular formula is C8H4Cl2GeS2. The Hall–Kier alpha value is 0.523. The fourth-order valence-electron chi connectivity index (χ4n) is 1.62. The van der Waals surface area contributed by atoms with Gasteiger partial charge in [0.25, 0.3) is 0 Å². The van der Waals surface area contributed by atoms with Crippen molar-refractivity contribution in [2.75, 3.05) is 0 Å². The molecule has 2 aromatic heterocycles. The Morgan fingerprint density at radius 2 is 1.85 bits per heavy atom. The van der Waals surface area contributed by atoms with Gasteiger partial charge in [0.2, 0.25) is 0 Å². The third-order valence-corrected chi connectivity index (χ3v) is 15.9. The summed E-state index contributed by atoms with van der Waals surface area (Å²) in [4.78, 5) is 1.31. The van der Waals surface area contributed by atoms with Gasteiger partial charge >= 0.3 is 95.5 Å². The van der Waals surface area contributed by atoms with E-state index in [1.54, 1.807) is 22.7 Å². The van der Waals surface area contributed by atoms with Crippen LogP contribution < -0.4 is 8.11 Å². The third kappa shape index (κ3) is 1.04. The first-order valence-corrected chi connectivity index (χ1v) is 13.1. The van der Waals surface area contributed by atoms with E-state index in [0.29, 0.717) is 0 Å². The van der Waals surface area contributed by atoms with Gasteiger partial charge in [-0.1, -0.05) is 0 Å². The van der Waals surface area contributed by atoms with Gasteiger partial charge in [0, 0.05) is 0 Å². The van der Waals surface area contributed by atoms with Gasteiger partial charge in [-0.2, -0.15) is 0 Å². The fraction of sp³-hybridized carbons (Fsp3) is 0. The topological polar surface area (TPSA) is 0 Å². The molecule has 2 aromatic rings. The first-order valence-electron chi connectivity index (χ1n) is 3.75. The number of thiophene rings is 2. The molecule has 0 aliphatic carbocycles. The Morgan fingerprint density at radius 1 is 1.08 bits per heavy atom. The van der Waals surface area contributed by atoms with Crippen LogP contribution in [0.15, 0.2) is 22.9 Å². The Bertz CT molecular complexity index is 430. The van der Waals surface area contributed by atoms with E-state index < -0.39 is 11.4 Å². The molecule has 0 saturated heterocycles. The van der Waals surface area contributed by atoms with Crippen LogP contribution in [0.2, 0.25) is 0 Å². The zero-order valence-electron chi connectivity index (χ0n) is 6.38. The van der Waals surface area contributed by atoms with Gasteiger partial charge in [0.15, 0.2) is 0 Å². The zero-order valence-corrected chi connectivity index (χ0v) is 11.6. The van der Waals surface area contributed by atoms with Crippen molar-refractivity contribution in [3.05, 3.63) is 22.9 Å². The van der Waals surface area contributed by atoms with E-state index >= 15 is 0 Å². The Morgan fingerprint density at radius 3 is 2.69 bits per heavy atom. The molecule has 66 valence electrons. The van der Waals surface area contributed by atoms with Gasteiger partial charge in [0.1, 0.15) is 0 Å². The molecule has 1 aliphatic heterocycles. The molecule has 0 spiro atoms. The molecule has 0 atom stereocenters. The Kier molecular flexibility index (Phi) is 1.87. The summed E-state index contributed by atoms with van der Waals surface area (Å²) in [7, 11) is 13.0. The Balaban J connectivity index is 2.44. The van der Waals surface area contributed by atoms with Crippen molar-refractivity contribution in [3.63, 3.8) is 0 Å². The molecule has 0 fully saturated rings. The summed E-state index contributed by atoms with van der Waals surface area (Å²) in [6, 6.07) is 4.22. The van der Waals surface area contributed by atoms with Gasteiger partial charge in [-0.3, -0.25) is 0 Å². The zero-order chi connectivity index (χ0) is 9.05. The maximum atomic E-state index is 6.48. The number of hydrogen-bond acceptors (Lipinski definition) is 2. The second kappa shape index (κ2) is 2.76. The van der Waals surface area contributed by atoms with Gasteiger partial charge < -0.3 is 0 Å². The summed E-state index contributed by atoms with van der Waals surface area (Å²) >= 11 is 0.625. The molecule has 0 amide bonds. The van der Waals surface area contributed by atoms with Crippen LogP contribution in [0.4, 0.5) is 0 Å². The molecule has 1 aliphatic rings. The third-order valence-electron chi connectivity index (χ3n) is 2.20. The molecule has 0 radical (unpaired) electrons. The number of halogens is 2. The first-order chi connectivity index (χ1) is 6.21. The maximum absolute atomic E-state index is 6.48. The van der Waals surface area contributed by atoms with Crippen molar-refractivity contribution in [2.24, 2.45) is 0 Å². The van der Waals surface area contributed by atoms with Crippen LogP contribution in [0, 0.1) is 0 Å². The summed E-state index contributed by atoms with van der Waals surface area (Å²) < 4.78 is 2.49. The molecule has 0 nitrogen and oxygen atoms in total. The van der Waals surface area contributed by atoms with E-state index in [1.807, 2.05) is 0 Å². The molecule has 0 bridgehead atoms. The number of fused-ring (bicyclic) bond motifs is 3. The predicted molar refractivity (Wildman–Crippen MR) is 64.4 cm³/mol. The molecule has 5 heteroatoms. The van der Waals surface area contributed by atoms with Crippen molar-refractivity contribution in [3.8, 4) is 10.4 Å². The quantitative estimate of drug-likeness (QED) is 0.657. The standard InChI is InChI=1S/C8H4Cl2GeS2/c9-11(10)6-2-4-12-7(6)5-1-3-13-8(5)11/h1-4H. The summed E-state index contributed by atoms with van der Waals surface area (Å²) in [5.41, 5.74) is 1.29. The van der Waals surface area contributed by atoms with Crippen molar-refractivity contribution in [2.45, 2.75) is 0 Å². The van der Waals surface area contributed by atoms with Gasteiger partial charge in [-0.15, -0.1) is 0 Å². The summed E-state index contributed by atoms with van der Waals surface area (Å²) in [6.07, 6.45) is 0. The number of hydrogen-bond donors (Lipinski definition) is 0. The van der Waals surface area contributed by atoms with Crippen LogP contribution in [-0.2, 0) is 0 Å². The van der Waals surface area contributed by atoms with E-state index in [2.05, 4.69) is 22.9 Å². The molecule has 0 aromatic carbocycles. The monoisotopic (exact) mass is 308 g/mol. The Labute approximate surface area is 94.8 Å². The van der Waals surface area contributed by atoms with Crippen molar-refractivity contribution < 1.29 is 0 Å². The average molecular weight is 308 g/mol. The molecule has 0 saturated carbocycles. The normalized spacial score (nSPS) is 17.1. The van der Waals surface area contributed by atoms with E-state index in [0.717, 1.165) is 0 Å². The first kappa shape index (κ1) is 8.80. The van der Waals surface area contributed by atoms with Crippen LogP contribution in [0.25, 0.3) is 10.4 Å². The second-order valence-corrected chi connectivity index (χ2v) is 17.0. The van der Waals surface area contributed by atoms with Gasteiger partial charge in [0.05, 0.1) is 0 Å². The van der Waals surface area contributed by atoms with Crippen LogP contribution in [-0.4, -0.2) is 11.4 Å². The molecule has 0 N–H and O–H groups in total. The van der Waals surface area contributed by atoms with Crippen LogP contribution in [0.3, 0.4) is 0 Å². The molecular weight excluding hydrogens is 304 g/mol. The molecule has 0 unspecified atom stereocenters. The molecule has 3 rings (SSSR count). The van der Waals surface area contributed by atoms with E-state index in [4.69, 9.17) is 20.0 Å². The number of rotatable bonds is 0. The van der Waals surface area contributed by atoms with Crippen molar-refractivity contribution in [1.82, 2.24) is 0 Å². The van der Waals surface area contributed by atoms with Crippen LogP contribution in [0.5, 0.6) is 0 Å². The van der Waals surface area contributed by atoms with E-state index in [-0.39, 0.29) is 0 Å². The van der Waals surface area contributed by atoms with E-state index in [9.17, 15) is 0 Å². The summed E-state index contributed by atoms with van der Waals surface area (Å²) in [6.45, 7) is 0. The van der Waals surface area contributed by atoms with Gasteiger partial charge in [-0.25, -0.2) is 0 Å². The van der Waals surface area contributed by atoms with Crippen LogP contribution in [0.1, 0.15) is 0 Å². The second-order valence-electron chi connectivity index (χ2n) is 2.90. The van der Waals surface area contributed by atoms with E-state index in [1.165, 1.54) is 18.5 Å². The predicted octanol–water partition coefficient (Wildman–Crippen LogP) is 2.82. The van der Waals surface area contributed by atoms with Crippen molar-refractivity contribution >= 4 is 62.2 Å². The summed E-state index contributed by atoms with van der Waals surface area (Å²) in [5.74, 6) is 0. The van der Waals surface area contributed by atoms with Crippen LogP contribution >= 0.6 is 42.7 Å². The molecule has 13 heavy (non-hydrogen) atoms. The fourth-order valence-corrected chi connectivity index (χ4v) is 14.7. The molecule has 3 heterocycles. The summed E-state index contributed by atoms with van der Waals surface area (Å²) in [5, 5.41) is 4.16. The minimum atomic E-state index is -2.83. The SMILES string of the molecule is [Cl][Ge]1([Cl])[c]2ccsc2-c2ccs[c]21. The van der Waals surface area contributed by atoms with Gasteiger partial charge in [-0.05, 0) is 0 Å². The minimum absolute atomic E-state index is 1.23.